The Labute approximate surface area is 111 Å². The number of pyridine rings is 1. The van der Waals surface area contributed by atoms with Crippen LogP contribution in [0, 0.1) is 6.92 Å². The molecule has 1 aromatic heterocycles. The van der Waals surface area contributed by atoms with E-state index in [2.05, 4.69) is 4.98 Å². The minimum atomic E-state index is -0.867. The van der Waals surface area contributed by atoms with Crippen LogP contribution in [0.25, 0.3) is 0 Å². The molecule has 0 spiro atoms. The van der Waals surface area contributed by atoms with Crippen molar-refractivity contribution in [3.63, 3.8) is 0 Å². The van der Waals surface area contributed by atoms with Crippen molar-refractivity contribution in [3.8, 4) is 11.6 Å². The highest BCUT2D eigenvalue weighted by atomic mass is 16.5. The van der Waals surface area contributed by atoms with Crippen LogP contribution < -0.4 is 4.74 Å². The highest BCUT2D eigenvalue weighted by molar-refractivity contribution is 5.75. The molecule has 0 bridgehead atoms. The smallest absolute Gasteiger partial charge is 0.310 e. The van der Waals surface area contributed by atoms with Crippen molar-refractivity contribution in [2.75, 3.05) is 0 Å². The highest BCUT2D eigenvalue weighted by Crippen LogP contribution is 2.22. The number of carbonyl (C=O) groups is 1. The average Bonchev–Trinajstić information content (AvgIpc) is 2.41. The minimum Gasteiger partial charge on any atom is -0.481 e. The molecule has 0 amide bonds. The van der Waals surface area contributed by atoms with E-state index in [-0.39, 0.29) is 0 Å². The number of hydrogen-bond donors (Lipinski definition) is 1. The molecule has 0 fully saturated rings. The maximum Gasteiger partial charge on any atom is 0.310 e. The number of hydrogen-bond acceptors (Lipinski definition) is 3. The molecule has 0 saturated carbocycles. The van der Waals surface area contributed by atoms with E-state index < -0.39 is 11.9 Å². The fraction of sp³-hybridized carbons (Fsp3) is 0.200. The fourth-order valence-electron chi connectivity index (χ4n) is 1.58. The Morgan fingerprint density at radius 3 is 2.42 bits per heavy atom. The van der Waals surface area contributed by atoms with E-state index in [0.717, 1.165) is 5.56 Å². The zero-order chi connectivity index (χ0) is 13.8. The predicted octanol–water partition coefficient (Wildman–Crippen LogP) is 3.37. The molecule has 19 heavy (non-hydrogen) atoms. The van der Waals surface area contributed by atoms with Gasteiger partial charge in [-0.3, -0.25) is 4.79 Å². The van der Waals surface area contributed by atoms with Gasteiger partial charge in [0.25, 0.3) is 0 Å². The summed E-state index contributed by atoms with van der Waals surface area (Å²) in [7, 11) is 0. The van der Waals surface area contributed by atoms with E-state index in [0.29, 0.717) is 17.2 Å². The Morgan fingerprint density at radius 1 is 1.21 bits per heavy atom. The molecule has 98 valence electrons. The second kappa shape index (κ2) is 5.52. The van der Waals surface area contributed by atoms with Crippen molar-refractivity contribution < 1.29 is 14.6 Å². The Balaban J connectivity index is 2.10. The monoisotopic (exact) mass is 257 g/mol. The number of nitrogens with zero attached hydrogens (tertiary/aromatic N) is 1. The first-order chi connectivity index (χ1) is 9.06. The Kier molecular flexibility index (Phi) is 3.80. The molecule has 2 rings (SSSR count). The molecule has 1 unspecified atom stereocenters. The van der Waals surface area contributed by atoms with Crippen LogP contribution in [0.5, 0.6) is 11.6 Å². The maximum absolute atomic E-state index is 10.8. The van der Waals surface area contributed by atoms with E-state index in [9.17, 15) is 4.79 Å². The van der Waals surface area contributed by atoms with Gasteiger partial charge in [0.05, 0.1) is 5.92 Å². The first kappa shape index (κ1) is 13.1. The van der Waals surface area contributed by atoms with Crippen LogP contribution in [0.3, 0.4) is 0 Å². The van der Waals surface area contributed by atoms with Gasteiger partial charge in [-0.25, -0.2) is 4.98 Å². The molecular formula is C15H15NO3. The number of ether oxygens (including phenoxy) is 1. The van der Waals surface area contributed by atoms with E-state index in [1.165, 1.54) is 6.20 Å². The quantitative estimate of drug-likeness (QED) is 0.912. The van der Waals surface area contributed by atoms with Crippen molar-refractivity contribution in [2.45, 2.75) is 19.8 Å². The zero-order valence-corrected chi connectivity index (χ0v) is 10.8. The van der Waals surface area contributed by atoms with Gasteiger partial charge in [-0.1, -0.05) is 23.8 Å². The van der Waals surface area contributed by atoms with Crippen molar-refractivity contribution in [2.24, 2.45) is 0 Å². The third kappa shape index (κ3) is 3.31. The standard InChI is InChI=1S/C15H15NO3/c1-10-3-6-13(7-4-10)19-14-8-5-12(9-16-14)11(2)15(17)18/h3-9,11H,1-2H3,(H,17,18). The number of carboxylic acids is 1. The van der Waals surface area contributed by atoms with Crippen LogP contribution in [0.2, 0.25) is 0 Å². The van der Waals surface area contributed by atoms with Crippen LogP contribution in [-0.4, -0.2) is 16.1 Å². The molecule has 1 N–H and O–H groups in total. The summed E-state index contributed by atoms with van der Waals surface area (Å²) >= 11 is 0. The lowest BCUT2D eigenvalue weighted by Gasteiger charge is -2.08. The molecule has 0 aliphatic carbocycles. The first-order valence-corrected chi connectivity index (χ1v) is 5.99. The van der Waals surface area contributed by atoms with Gasteiger partial charge in [0.15, 0.2) is 0 Å². The van der Waals surface area contributed by atoms with Gasteiger partial charge >= 0.3 is 5.97 Å². The normalized spacial score (nSPS) is 11.9. The number of aryl methyl sites for hydroxylation is 1. The predicted molar refractivity (Wildman–Crippen MR) is 71.5 cm³/mol. The van der Waals surface area contributed by atoms with Gasteiger partial charge in [-0.2, -0.15) is 0 Å². The summed E-state index contributed by atoms with van der Waals surface area (Å²) < 4.78 is 5.57. The minimum absolute atomic E-state index is 0.449. The SMILES string of the molecule is Cc1ccc(Oc2ccc(C(C)C(=O)O)cn2)cc1. The third-order valence-corrected chi connectivity index (χ3v) is 2.87. The Morgan fingerprint density at radius 2 is 1.89 bits per heavy atom. The zero-order valence-electron chi connectivity index (χ0n) is 10.8. The van der Waals surface area contributed by atoms with E-state index in [4.69, 9.17) is 9.84 Å². The number of aromatic nitrogens is 1. The molecule has 4 nitrogen and oxygen atoms in total. The van der Waals surface area contributed by atoms with Crippen LogP contribution >= 0.6 is 0 Å². The lowest BCUT2D eigenvalue weighted by molar-refractivity contribution is -0.138. The summed E-state index contributed by atoms with van der Waals surface area (Å²) in [6.07, 6.45) is 1.53. The van der Waals surface area contributed by atoms with Gasteiger partial charge in [-0.05, 0) is 31.5 Å². The molecule has 0 saturated heterocycles. The molecule has 1 atom stereocenters. The first-order valence-electron chi connectivity index (χ1n) is 5.99. The van der Waals surface area contributed by atoms with Crippen molar-refractivity contribution in [3.05, 3.63) is 53.7 Å². The summed E-state index contributed by atoms with van der Waals surface area (Å²) in [5.41, 5.74) is 1.81. The van der Waals surface area contributed by atoms with Gasteiger partial charge in [0.1, 0.15) is 5.75 Å². The topological polar surface area (TPSA) is 59.4 Å². The fourth-order valence-corrected chi connectivity index (χ4v) is 1.58. The summed E-state index contributed by atoms with van der Waals surface area (Å²) in [5, 5.41) is 8.91. The molecule has 1 heterocycles. The lowest BCUT2D eigenvalue weighted by atomic mass is 10.0. The van der Waals surface area contributed by atoms with E-state index >= 15 is 0 Å². The van der Waals surface area contributed by atoms with Crippen LogP contribution in [-0.2, 0) is 4.79 Å². The number of aliphatic carboxylic acids is 1. The second-order valence-electron chi connectivity index (χ2n) is 4.40. The summed E-state index contributed by atoms with van der Waals surface area (Å²) in [6, 6.07) is 11.0. The van der Waals surface area contributed by atoms with Crippen LogP contribution in [0.1, 0.15) is 24.0 Å². The highest BCUT2D eigenvalue weighted by Gasteiger charge is 2.13. The van der Waals surface area contributed by atoms with Gasteiger partial charge in [0, 0.05) is 12.3 Å². The molecule has 0 aliphatic rings. The number of benzene rings is 1. The maximum atomic E-state index is 10.8. The Hall–Kier alpha value is -2.36. The van der Waals surface area contributed by atoms with Crippen molar-refractivity contribution >= 4 is 5.97 Å². The molecule has 2 aromatic rings. The Bertz CT molecular complexity index is 561. The average molecular weight is 257 g/mol. The lowest BCUT2D eigenvalue weighted by Crippen LogP contribution is -2.07. The number of rotatable bonds is 4. The summed E-state index contributed by atoms with van der Waals surface area (Å²) in [6.45, 7) is 3.63. The number of carboxylic acid groups (broad SMARTS) is 1. The van der Waals surface area contributed by atoms with E-state index in [1.807, 2.05) is 31.2 Å². The van der Waals surface area contributed by atoms with Gasteiger partial charge in [-0.15, -0.1) is 0 Å². The molecule has 0 radical (unpaired) electrons. The second-order valence-corrected chi connectivity index (χ2v) is 4.40. The van der Waals surface area contributed by atoms with Crippen LogP contribution in [0.15, 0.2) is 42.6 Å². The van der Waals surface area contributed by atoms with Gasteiger partial charge < -0.3 is 9.84 Å². The van der Waals surface area contributed by atoms with Gasteiger partial charge in [0.2, 0.25) is 5.88 Å². The van der Waals surface area contributed by atoms with Crippen LogP contribution in [0.4, 0.5) is 0 Å². The van der Waals surface area contributed by atoms with Crippen molar-refractivity contribution in [1.29, 1.82) is 0 Å². The molecule has 4 heteroatoms. The molecular weight excluding hydrogens is 242 g/mol. The molecule has 0 aliphatic heterocycles. The summed E-state index contributed by atoms with van der Waals surface area (Å²) in [5.74, 6) is -0.280. The van der Waals surface area contributed by atoms with Crippen molar-refractivity contribution in [1.82, 2.24) is 4.98 Å². The third-order valence-electron chi connectivity index (χ3n) is 2.87. The largest absolute Gasteiger partial charge is 0.481 e. The molecule has 1 aromatic carbocycles. The van der Waals surface area contributed by atoms with E-state index in [1.54, 1.807) is 19.1 Å². The summed E-state index contributed by atoms with van der Waals surface area (Å²) in [4.78, 5) is 15.0.